The number of thioether (sulfide) groups is 1. The maximum absolute atomic E-state index is 13.2. The van der Waals surface area contributed by atoms with Crippen LogP contribution in [0.1, 0.15) is 28.8 Å². The Hall–Kier alpha value is -1.46. The minimum absolute atomic E-state index is 0.0413. The van der Waals surface area contributed by atoms with Crippen molar-refractivity contribution in [1.82, 2.24) is 0 Å². The second-order valence-corrected chi connectivity index (χ2v) is 6.63. The summed E-state index contributed by atoms with van der Waals surface area (Å²) in [7, 11) is 0. The Morgan fingerprint density at radius 1 is 1.09 bits per heavy atom. The molecule has 120 valence electrons. The number of carbonyl (C=O) groups excluding carboxylic acids is 1. The number of carbonyl (C=O) groups is 1. The second-order valence-electron chi connectivity index (χ2n) is 4.90. The molecule has 2 aromatic rings. The molecule has 5 heteroatoms. The van der Waals surface area contributed by atoms with Crippen molar-refractivity contribution in [1.29, 1.82) is 0 Å². The first kappa shape index (κ1) is 17.9. The lowest BCUT2D eigenvalue weighted by Crippen LogP contribution is -1.97. The van der Waals surface area contributed by atoms with Crippen LogP contribution in [0.2, 0.25) is 0 Å². The van der Waals surface area contributed by atoms with Crippen LogP contribution in [0.4, 0.5) is 8.78 Å². The van der Waals surface area contributed by atoms with E-state index in [-0.39, 0.29) is 5.78 Å². The smallest absolute Gasteiger partial charge is 0.163 e. The first-order valence-corrected chi connectivity index (χ1v) is 9.01. The highest BCUT2D eigenvalue weighted by atomic mass is 79.9. The molecule has 0 fully saturated rings. The van der Waals surface area contributed by atoms with Gasteiger partial charge in [0.2, 0.25) is 0 Å². The van der Waals surface area contributed by atoms with Crippen LogP contribution in [-0.2, 0) is 0 Å². The predicted octanol–water partition coefficient (Wildman–Crippen LogP) is 6.09. The van der Waals surface area contributed by atoms with Crippen LogP contribution in [0.5, 0.6) is 0 Å². The molecular formula is C18H15BrF2OS. The van der Waals surface area contributed by atoms with Crippen molar-refractivity contribution in [2.75, 3.05) is 6.26 Å². The topological polar surface area (TPSA) is 17.1 Å². The van der Waals surface area contributed by atoms with Gasteiger partial charge in [0, 0.05) is 27.4 Å². The van der Waals surface area contributed by atoms with Crippen LogP contribution in [0.3, 0.4) is 0 Å². The number of hydrogen-bond acceptors (Lipinski definition) is 2. The predicted molar refractivity (Wildman–Crippen MR) is 95.0 cm³/mol. The zero-order valence-electron chi connectivity index (χ0n) is 12.5. The zero-order chi connectivity index (χ0) is 16.8. The third-order valence-electron chi connectivity index (χ3n) is 3.25. The van der Waals surface area contributed by atoms with E-state index in [1.165, 1.54) is 12.1 Å². The molecule has 1 nitrogen and oxygen atoms in total. The molecule has 0 bridgehead atoms. The van der Waals surface area contributed by atoms with Gasteiger partial charge in [0.15, 0.2) is 5.78 Å². The summed E-state index contributed by atoms with van der Waals surface area (Å²) in [5.74, 6) is -1.22. The molecule has 0 aliphatic carbocycles. The van der Waals surface area contributed by atoms with E-state index >= 15 is 0 Å². The number of Topliss-reactive ketones (excluding diaryl/α,β-unsaturated/α-hetero) is 1. The van der Waals surface area contributed by atoms with Crippen LogP contribution >= 0.6 is 27.7 Å². The highest BCUT2D eigenvalue weighted by molar-refractivity contribution is 9.15. The molecular weight excluding hydrogens is 382 g/mol. The number of rotatable bonds is 6. The first-order valence-electron chi connectivity index (χ1n) is 6.99. The third-order valence-corrected chi connectivity index (χ3v) is 4.77. The van der Waals surface area contributed by atoms with Crippen LogP contribution < -0.4 is 0 Å². The van der Waals surface area contributed by atoms with Gasteiger partial charge < -0.3 is 0 Å². The lowest BCUT2D eigenvalue weighted by Gasteiger charge is -2.03. The Morgan fingerprint density at radius 2 is 1.70 bits per heavy atom. The summed E-state index contributed by atoms with van der Waals surface area (Å²) in [4.78, 5) is 13.2. The van der Waals surface area contributed by atoms with E-state index in [2.05, 4.69) is 15.9 Å². The molecule has 0 N–H and O–H groups in total. The minimum Gasteiger partial charge on any atom is -0.294 e. The van der Waals surface area contributed by atoms with Crippen molar-refractivity contribution in [2.24, 2.45) is 0 Å². The molecule has 0 heterocycles. The quantitative estimate of drug-likeness (QED) is 0.434. The van der Waals surface area contributed by atoms with E-state index in [4.69, 9.17) is 0 Å². The van der Waals surface area contributed by atoms with E-state index in [0.29, 0.717) is 28.5 Å². The Balaban J connectivity index is 1.97. The number of ketones is 1. The van der Waals surface area contributed by atoms with Gasteiger partial charge in [-0.3, -0.25) is 4.79 Å². The number of benzene rings is 2. The summed E-state index contributed by atoms with van der Waals surface area (Å²) < 4.78 is 26.9. The summed E-state index contributed by atoms with van der Waals surface area (Å²) in [6.07, 6.45) is 4.56. The fourth-order valence-corrected chi connectivity index (χ4v) is 2.93. The molecule has 0 saturated carbocycles. The molecule has 2 aromatic carbocycles. The SMILES string of the molecule is CSc1ccc(C(=O)CC/C=C(\Br)c2cc(F)cc(F)c2)cc1. The molecule has 0 unspecified atom stereocenters. The summed E-state index contributed by atoms with van der Waals surface area (Å²) >= 11 is 4.92. The van der Waals surface area contributed by atoms with Crippen LogP contribution in [0.25, 0.3) is 4.48 Å². The number of halogens is 3. The monoisotopic (exact) mass is 396 g/mol. The van der Waals surface area contributed by atoms with E-state index < -0.39 is 11.6 Å². The summed E-state index contributed by atoms with van der Waals surface area (Å²) in [6, 6.07) is 10.8. The molecule has 0 spiro atoms. The van der Waals surface area contributed by atoms with Gasteiger partial charge in [0.25, 0.3) is 0 Å². The Labute approximate surface area is 146 Å². The maximum atomic E-state index is 13.2. The molecule has 0 atom stereocenters. The lowest BCUT2D eigenvalue weighted by atomic mass is 10.1. The van der Waals surface area contributed by atoms with Crippen molar-refractivity contribution in [3.63, 3.8) is 0 Å². The highest BCUT2D eigenvalue weighted by Crippen LogP contribution is 2.24. The van der Waals surface area contributed by atoms with Crippen molar-refractivity contribution < 1.29 is 13.6 Å². The Bertz CT molecular complexity index is 706. The van der Waals surface area contributed by atoms with Gasteiger partial charge in [0.05, 0.1) is 0 Å². The lowest BCUT2D eigenvalue weighted by molar-refractivity contribution is 0.0983. The van der Waals surface area contributed by atoms with Crippen molar-refractivity contribution in [3.8, 4) is 0 Å². The van der Waals surface area contributed by atoms with Gasteiger partial charge in [-0.15, -0.1) is 11.8 Å². The maximum Gasteiger partial charge on any atom is 0.163 e. The van der Waals surface area contributed by atoms with Gasteiger partial charge in [0.1, 0.15) is 11.6 Å². The van der Waals surface area contributed by atoms with Gasteiger partial charge in [-0.2, -0.15) is 0 Å². The highest BCUT2D eigenvalue weighted by Gasteiger charge is 2.06. The fraction of sp³-hybridized carbons (Fsp3) is 0.167. The van der Waals surface area contributed by atoms with Crippen molar-refractivity contribution in [3.05, 3.63) is 71.3 Å². The summed E-state index contributed by atoms with van der Waals surface area (Å²) in [6.45, 7) is 0. The van der Waals surface area contributed by atoms with Gasteiger partial charge >= 0.3 is 0 Å². The molecule has 0 amide bonds. The number of hydrogen-bond donors (Lipinski definition) is 0. The second kappa shape index (κ2) is 8.41. The molecule has 0 aromatic heterocycles. The molecule has 0 saturated heterocycles. The van der Waals surface area contributed by atoms with Crippen molar-refractivity contribution in [2.45, 2.75) is 17.7 Å². The standard InChI is InChI=1S/C18H15BrF2OS/c1-23-16-7-5-12(6-8-16)18(22)4-2-3-17(19)13-9-14(20)11-15(21)10-13/h3,5-11H,2,4H2,1H3/b17-3-. The average molecular weight is 397 g/mol. The minimum atomic E-state index is -0.629. The molecule has 0 radical (unpaired) electrons. The van der Waals surface area contributed by atoms with E-state index in [1.54, 1.807) is 17.8 Å². The van der Waals surface area contributed by atoms with Crippen LogP contribution in [0, 0.1) is 11.6 Å². The first-order chi connectivity index (χ1) is 11.0. The van der Waals surface area contributed by atoms with E-state index in [9.17, 15) is 13.6 Å². The molecule has 23 heavy (non-hydrogen) atoms. The largest absolute Gasteiger partial charge is 0.294 e. The van der Waals surface area contributed by atoms with Gasteiger partial charge in [-0.1, -0.05) is 34.1 Å². The van der Waals surface area contributed by atoms with E-state index in [0.717, 1.165) is 11.0 Å². The normalized spacial score (nSPS) is 11.6. The van der Waals surface area contributed by atoms with Gasteiger partial charge in [-0.25, -0.2) is 8.78 Å². The fourth-order valence-electron chi connectivity index (χ4n) is 2.06. The average Bonchev–Trinajstić information content (AvgIpc) is 2.53. The van der Waals surface area contributed by atoms with Crippen LogP contribution in [-0.4, -0.2) is 12.0 Å². The van der Waals surface area contributed by atoms with Crippen LogP contribution in [0.15, 0.2) is 53.4 Å². The molecule has 2 rings (SSSR count). The summed E-state index contributed by atoms with van der Waals surface area (Å²) in [5, 5.41) is 0. The molecule has 0 aliphatic rings. The van der Waals surface area contributed by atoms with E-state index in [1.807, 2.05) is 30.5 Å². The zero-order valence-corrected chi connectivity index (χ0v) is 14.9. The van der Waals surface area contributed by atoms with Crippen molar-refractivity contribution >= 4 is 38.0 Å². The number of allylic oxidation sites excluding steroid dienone is 1. The Kier molecular flexibility index (Phi) is 6.54. The third kappa shape index (κ3) is 5.29. The van der Waals surface area contributed by atoms with Gasteiger partial charge in [-0.05, 0) is 42.5 Å². The summed E-state index contributed by atoms with van der Waals surface area (Å²) in [5.41, 5.74) is 1.09. The molecule has 0 aliphatic heterocycles. The Morgan fingerprint density at radius 3 is 2.26 bits per heavy atom.